The van der Waals surface area contributed by atoms with Gasteiger partial charge in [-0.05, 0) is 11.1 Å². The van der Waals surface area contributed by atoms with Gasteiger partial charge in [-0.25, -0.2) is 0 Å². The van der Waals surface area contributed by atoms with Crippen LogP contribution in [0.1, 0.15) is 23.0 Å². The van der Waals surface area contributed by atoms with Gasteiger partial charge in [0.1, 0.15) is 9.75 Å². The van der Waals surface area contributed by atoms with Gasteiger partial charge in [0.2, 0.25) is 0 Å². The Labute approximate surface area is 149 Å². The first kappa shape index (κ1) is 14.7. The summed E-state index contributed by atoms with van der Waals surface area (Å²) in [6, 6.07) is 19.1. The molecule has 0 N–H and O–H groups in total. The van der Waals surface area contributed by atoms with Gasteiger partial charge in [0, 0.05) is 11.8 Å². The zero-order valence-electron chi connectivity index (χ0n) is 12.7. The molecule has 3 saturated carbocycles. The van der Waals surface area contributed by atoms with Crippen molar-refractivity contribution in [1.82, 2.24) is 0 Å². The Bertz CT molecular complexity index is 792. The summed E-state index contributed by atoms with van der Waals surface area (Å²) in [7, 11) is 0. The molecule has 0 saturated heterocycles. The van der Waals surface area contributed by atoms with E-state index in [4.69, 9.17) is 23.2 Å². The Kier molecular flexibility index (Phi) is 2.75. The molecule has 0 bridgehead atoms. The van der Waals surface area contributed by atoms with E-state index in [1.54, 1.807) is 0 Å². The van der Waals surface area contributed by atoms with Crippen molar-refractivity contribution in [2.45, 2.75) is 21.6 Å². The Morgan fingerprint density at radius 1 is 0.583 bits per heavy atom. The maximum absolute atomic E-state index is 13.1. The van der Waals surface area contributed by atoms with Gasteiger partial charge >= 0.3 is 0 Å². The zero-order chi connectivity index (χ0) is 16.7. The molecule has 0 spiro atoms. The largest absolute Gasteiger partial charge is 0.297 e. The van der Waals surface area contributed by atoms with E-state index in [-0.39, 0.29) is 23.4 Å². The lowest BCUT2D eigenvalue weighted by Crippen LogP contribution is -2.37. The fourth-order valence-corrected chi connectivity index (χ4v) is 5.74. The van der Waals surface area contributed by atoms with Gasteiger partial charge in [-0.2, -0.15) is 0 Å². The summed E-state index contributed by atoms with van der Waals surface area (Å²) in [5.41, 5.74) is 1.88. The highest BCUT2D eigenvalue weighted by Crippen LogP contribution is 2.78. The predicted molar refractivity (Wildman–Crippen MR) is 92.5 cm³/mol. The summed E-state index contributed by atoms with van der Waals surface area (Å²) >= 11 is 13.4. The Hall–Kier alpha value is -1.64. The van der Waals surface area contributed by atoms with Gasteiger partial charge < -0.3 is 0 Å². The van der Waals surface area contributed by atoms with Crippen LogP contribution in [0.15, 0.2) is 60.7 Å². The number of halogens is 2. The quantitative estimate of drug-likeness (QED) is 0.764. The van der Waals surface area contributed by atoms with E-state index in [1.807, 2.05) is 60.7 Å². The molecule has 3 aliphatic rings. The molecule has 6 atom stereocenters. The zero-order valence-corrected chi connectivity index (χ0v) is 14.2. The molecule has 24 heavy (non-hydrogen) atoms. The third-order valence-corrected chi connectivity index (χ3v) is 7.21. The van der Waals surface area contributed by atoms with E-state index in [0.717, 1.165) is 11.1 Å². The summed E-state index contributed by atoms with van der Waals surface area (Å²) in [6.45, 7) is 0. The van der Waals surface area contributed by atoms with E-state index in [2.05, 4.69) is 0 Å². The minimum Gasteiger partial charge on any atom is -0.297 e. The van der Waals surface area contributed by atoms with Crippen molar-refractivity contribution < 1.29 is 9.59 Å². The highest BCUT2D eigenvalue weighted by molar-refractivity contribution is 6.52. The number of alkyl halides is 2. The Balaban J connectivity index is 1.55. The van der Waals surface area contributed by atoms with Gasteiger partial charge in [-0.3, -0.25) is 9.59 Å². The number of carbonyl (C=O) groups is 2. The first-order valence-corrected chi connectivity index (χ1v) is 8.84. The highest BCUT2D eigenvalue weighted by atomic mass is 35.5. The lowest BCUT2D eigenvalue weighted by atomic mass is 9.97. The van der Waals surface area contributed by atoms with Crippen LogP contribution in [0.25, 0.3) is 0 Å². The van der Waals surface area contributed by atoms with Crippen LogP contribution in [0.4, 0.5) is 0 Å². The number of carbonyl (C=O) groups excluding carboxylic acids is 2. The van der Waals surface area contributed by atoms with Crippen LogP contribution in [0.5, 0.6) is 0 Å². The predicted octanol–water partition coefficient (Wildman–Crippen LogP) is 3.92. The van der Waals surface area contributed by atoms with Crippen LogP contribution in [0.2, 0.25) is 0 Å². The number of benzene rings is 2. The van der Waals surface area contributed by atoms with Crippen LogP contribution < -0.4 is 0 Å². The summed E-state index contributed by atoms with van der Waals surface area (Å²) in [4.78, 5) is 23.9. The third kappa shape index (κ3) is 1.54. The van der Waals surface area contributed by atoms with Crippen molar-refractivity contribution in [3.8, 4) is 0 Å². The van der Waals surface area contributed by atoms with Crippen molar-refractivity contribution in [2.24, 2.45) is 11.8 Å². The minimum atomic E-state index is -1.11. The van der Waals surface area contributed by atoms with Gasteiger partial charge in [-0.1, -0.05) is 60.7 Å². The lowest BCUT2D eigenvalue weighted by Gasteiger charge is -2.16. The minimum absolute atomic E-state index is 0.0635. The smallest absolute Gasteiger partial charge is 0.161 e. The molecule has 3 fully saturated rings. The van der Waals surface area contributed by atoms with Crippen LogP contribution in [0, 0.1) is 11.8 Å². The van der Waals surface area contributed by atoms with E-state index in [9.17, 15) is 9.59 Å². The maximum Gasteiger partial charge on any atom is 0.161 e. The Morgan fingerprint density at radius 2 is 0.917 bits per heavy atom. The van der Waals surface area contributed by atoms with Crippen molar-refractivity contribution in [1.29, 1.82) is 0 Å². The maximum atomic E-state index is 13.1. The molecule has 0 aromatic heterocycles. The molecule has 2 aromatic carbocycles. The number of hydrogen-bond acceptors (Lipinski definition) is 2. The second-order valence-electron chi connectivity index (χ2n) is 7.00. The van der Waals surface area contributed by atoms with E-state index in [1.165, 1.54) is 0 Å². The van der Waals surface area contributed by atoms with Crippen LogP contribution in [-0.4, -0.2) is 21.3 Å². The van der Waals surface area contributed by atoms with Gasteiger partial charge in [0.05, 0.1) is 11.8 Å². The first-order chi connectivity index (χ1) is 11.5. The molecular weight excluding hydrogens is 343 g/mol. The summed E-state index contributed by atoms with van der Waals surface area (Å²) in [5, 5.41) is 0. The summed E-state index contributed by atoms with van der Waals surface area (Å²) in [6.07, 6.45) is 0. The number of fused-ring (bicyclic) bond motifs is 2. The molecular formula is C20H14Cl2O2. The van der Waals surface area contributed by atoms with E-state index in [0.29, 0.717) is 0 Å². The summed E-state index contributed by atoms with van der Waals surface area (Å²) < 4.78 is 0. The monoisotopic (exact) mass is 356 g/mol. The lowest BCUT2D eigenvalue weighted by molar-refractivity contribution is -0.129. The van der Waals surface area contributed by atoms with Crippen LogP contribution in [0.3, 0.4) is 0 Å². The van der Waals surface area contributed by atoms with Crippen molar-refractivity contribution in [3.63, 3.8) is 0 Å². The molecule has 0 aliphatic heterocycles. The fourth-order valence-electron chi connectivity index (χ4n) is 4.68. The average molecular weight is 357 g/mol. The summed E-state index contributed by atoms with van der Waals surface area (Å²) in [5.74, 6) is -1.63. The molecule has 2 aromatic rings. The molecule has 4 heteroatoms. The fraction of sp³-hybridized carbons (Fsp3) is 0.300. The number of hydrogen-bond donors (Lipinski definition) is 0. The topological polar surface area (TPSA) is 34.1 Å². The van der Waals surface area contributed by atoms with Gasteiger partial charge in [0.15, 0.2) is 11.6 Å². The van der Waals surface area contributed by atoms with Gasteiger partial charge in [0.25, 0.3) is 0 Å². The molecule has 0 heterocycles. The number of Topliss-reactive ketones (excluding diaryl/α,β-unsaturated/α-hetero) is 2. The normalized spacial score (nSPS) is 42.2. The first-order valence-electron chi connectivity index (χ1n) is 8.08. The molecule has 3 aliphatic carbocycles. The van der Waals surface area contributed by atoms with Gasteiger partial charge in [-0.15, -0.1) is 23.2 Å². The van der Waals surface area contributed by atoms with Crippen molar-refractivity contribution in [3.05, 3.63) is 71.8 Å². The molecule has 0 unspecified atom stereocenters. The average Bonchev–Trinajstić information content (AvgIpc) is 3.46. The standard InChI is InChI=1S/C20H14Cl2O2/c21-19-13(11-7-3-1-4-8-11)15(19)17(23)20(22)14(16(20)18(19)24)12-9-5-2-6-10-12/h1-10,13-16H/t13-,14+,15-,16-,19+,20-/m0/s1. The number of rotatable bonds is 2. The molecule has 120 valence electrons. The second kappa shape index (κ2) is 4.50. The van der Waals surface area contributed by atoms with E-state index < -0.39 is 21.6 Å². The number of ketones is 2. The molecule has 0 amide bonds. The second-order valence-corrected chi connectivity index (χ2v) is 8.25. The van der Waals surface area contributed by atoms with Crippen molar-refractivity contribution >= 4 is 34.8 Å². The molecule has 0 radical (unpaired) electrons. The highest BCUT2D eigenvalue weighted by Gasteiger charge is 2.88. The SMILES string of the molecule is O=C1[C@@H]2[C@H](c3ccccc3)[C@]2(Cl)C(=O)[C@@H]2[C@@H](c3ccccc3)[C@@]12Cl. The molecule has 5 rings (SSSR count). The van der Waals surface area contributed by atoms with Crippen LogP contribution in [-0.2, 0) is 9.59 Å². The van der Waals surface area contributed by atoms with E-state index >= 15 is 0 Å². The molecule has 2 nitrogen and oxygen atoms in total. The van der Waals surface area contributed by atoms with Crippen molar-refractivity contribution in [2.75, 3.05) is 0 Å². The third-order valence-electron chi connectivity index (χ3n) is 5.90. The Morgan fingerprint density at radius 3 is 1.25 bits per heavy atom. The van der Waals surface area contributed by atoms with Crippen LogP contribution >= 0.6 is 23.2 Å².